The lowest BCUT2D eigenvalue weighted by atomic mass is 10.0. The topological polar surface area (TPSA) is 66.6 Å². The first-order chi connectivity index (χ1) is 12.9. The quantitative estimate of drug-likeness (QED) is 0.871. The normalized spacial score (nSPS) is 14.3. The Kier molecular flexibility index (Phi) is 5.96. The maximum Gasteiger partial charge on any atom is 0.314 e. The van der Waals surface area contributed by atoms with Crippen LogP contribution < -0.4 is 5.73 Å². The Bertz CT molecular complexity index is 834. The largest absolute Gasteiger partial charge is 0.351 e. The molecular formula is C20H21ClFN3O2. The summed E-state index contributed by atoms with van der Waals surface area (Å²) in [5, 5.41) is 0.0959. The molecule has 2 aromatic carbocycles. The Hall–Kier alpha value is -2.60. The van der Waals surface area contributed by atoms with Gasteiger partial charge in [0.05, 0.1) is 5.02 Å². The molecule has 2 N–H and O–H groups in total. The minimum absolute atomic E-state index is 0.0773. The van der Waals surface area contributed by atoms with E-state index in [0.717, 1.165) is 16.7 Å². The van der Waals surface area contributed by atoms with E-state index in [1.807, 2.05) is 24.3 Å². The molecule has 0 atom stereocenters. The number of hydrogen-bond acceptors (Lipinski definition) is 2. The minimum Gasteiger partial charge on any atom is -0.351 e. The molecule has 0 radical (unpaired) electrons. The molecule has 27 heavy (non-hydrogen) atoms. The lowest BCUT2D eigenvalue weighted by molar-refractivity contribution is -0.132. The van der Waals surface area contributed by atoms with Gasteiger partial charge in [-0.2, -0.15) is 0 Å². The van der Waals surface area contributed by atoms with Gasteiger partial charge in [0, 0.05) is 32.6 Å². The molecule has 1 saturated heterocycles. The van der Waals surface area contributed by atoms with E-state index in [1.54, 1.807) is 21.9 Å². The number of primary amides is 1. The molecule has 0 saturated carbocycles. The van der Waals surface area contributed by atoms with Crippen LogP contribution in [0.25, 0.3) is 11.1 Å². The maximum absolute atomic E-state index is 13.3. The highest BCUT2D eigenvalue weighted by Crippen LogP contribution is 2.25. The summed E-state index contributed by atoms with van der Waals surface area (Å²) in [5.74, 6) is -0.360. The second-order valence-corrected chi connectivity index (χ2v) is 6.94. The van der Waals surface area contributed by atoms with Crippen molar-refractivity contribution in [3.8, 4) is 11.1 Å². The standard InChI is InChI=1S/C20H21ClFN3O2/c21-17-13-16(6-7-18(17)22)15-4-1-14(2-5-15)3-8-19(26)24-9-11-25(12-10-24)20(23)27/h1-2,4-7,13H,3,8-12H2,(H2,23,27). The van der Waals surface area contributed by atoms with E-state index in [4.69, 9.17) is 17.3 Å². The van der Waals surface area contributed by atoms with Crippen molar-refractivity contribution in [1.29, 1.82) is 0 Å². The van der Waals surface area contributed by atoms with Crippen LogP contribution in [0.4, 0.5) is 9.18 Å². The van der Waals surface area contributed by atoms with Crippen molar-refractivity contribution >= 4 is 23.5 Å². The second kappa shape index (κ2) is 8.39. The number of halogens is 2. The Morgan fingerprint density at radius 3 is 2.15 bits per heavy atom. The van der Waals surface area contributed by atoms with E-state index in [9.17, 15) is 14.0 Å². The van der Waals surface area contributed by atoms with Crippen LogP contribution in [0.1, 0.15) is 12.0 Å². The fourth-order valence-corrected chi connectivity index (χ4v) is 3.31. The molecule has 3 amide bonds. The molecule has 0 aliphatic carbocycles. The van der Waals surface area contributed by atoms with Crippen molar-refractivity contribution in [3.05, 3.63) is 58.9 Å². The molecule has 0 bridgehead atoms. The summed E-state index contributed by atoms with van der Waals surface area (Å²) in [7, 11) is 0. The monoisotopic (exact) mass is 389 g/mol. The summed E-state index contributed by atoms with van der Waals surface area (Å²) < 4.78 is 13.3. The molecular weight excluding hydrogens is 369 g/mol. The lowest BCUT2D eigenvalue weighted by Crippen LogP contribution is -2.52. The average Bonchev–Trinajstić information content (AvgIpc) is 2.68. The van der Waals surface area contributed by atoms with Gasteiger partial charge in [-0.1, -0.05) is 41.9 Å². The molecule has 1 aliphatic heterocycles. The Morgan fingerprint density at radius 1 is 0.963 bits per heavy atom. The molecule has 0 aromatic heterocycles. The van der Waals surface area contributed by atoms with Crippen LogP contribution in [0.5, 0.6) is 0 Å². The molecule has 0 unspecified atom stereocenters. The first-order valence-corrected chi connectivity index (χ1v) is 9.18. The highest BCUT2D eigenvalue weighted by Gasteiger charge is 2.22. The van der Waals surface area contributed by atoms with Gasteiger partial charge in [0.25, 0.3) is 0 Å². The van der Waals surface area contributed by atoms with E-state index >= 15 is 0 Å². The van der Waals surface area contributed by atoms with E-state index in [0.29, 0.717) is 39.0 Å². The van der Waals surface area contributed by atoms with E-state index < -0.39 is 11.8 Å². The summed E-state index contributed by atoms with van der Waals surface area (Å²) in [4.78, 5) is 26.8. The Balaban J connectivity index is 1.53. The highest BCUT2D eigenvalue weighted by atomic mass is 35.5. The molecule has 142 valence electrons. The van der Waals surface area contributed by atoms with Gasteiger partial charge in [0.15, 0.2) is 0 Å². The zero-order valence-electron chi connectivity index (χ0n) is 14.8. The summed E-state index contributed by atoms with van der Waals surface area (Å²) in [6, 6.07) is 12.0. The smallest absolute Gasteiger partial charge is 0.314 e. The van der Waals surface area contributed by atoms with Crippen molar-refractivity contribution in [2.24, 2.45) is 5.73 Å². The lowest BCUT2D eigenvalue weighted by Gasteiger charge is -2.33. The van der Waals surface area contributed by atoms with Crippen LogP contribution in [0.2, 0.25) is 5.02 Å². The second-order valence-electron chi connectivity index (χ2n) is 6.53. The number of urea groups is 1. The van der Waals surface area contributed by atoms with Gasteiger partial charge in [-0.25, -0.2) is 9.18 Å². The molecule has 7 heteroatoms. The number of nitrogens with zero attached hydrogens (tertiary/aromatic N) is 2. The maximum atomic E-state index is 13.3. The Morgan fingerprint density at radius 2 is 1.56 bits per heavy atom. The van der Waals surface area contributed by atoms with Gasteiger partial charge < -0.3 is 15.5 Å². The first-order valence-electron chi connectivity index (χ1n) is 8.80. The van der Waals surface area contributed by atoms with Gasteiger partial charge in [-0.3, -0.25) is 4.79 Å². The summed E-state index contributed by atoms with van der Waals surface area (Å²) in [6.45, 7) is 2.00. The molecule has 5 nitrogen and oxygen atoms in total. The number of piperazine rings is 1. The number of benzene rings is 2. The SMILES string of the molecule is NC(=O)N1CCN(C(=O)CCc2ccc(-c3ccc(F)c(Cl)c3)cc2)CC1. The fourth-order valence-electron chi connectivity index (χ4n) is 3.13. The van der Waals surface area contributed by atoms with E-state index in [-0.39, 0.29) is 10.9 Å². The number of aryl methyl sites for hydroxylation is 1. The van der Waals surface area contributed by atoms with Crippen LogP contribution in [-0.4, -0.2) is 47.9 Å². The third kappa shape index (κ3) is 4.77. The zero-order valence-corrected chi connectivity index (χ0v) is 15.6. The first kappa shape index (κ1) is 19.2. The van der Waals surface area contributed by atoms with E-state index in [1.165, 1.54) is 6.07 Å². The zero-order chi connectivity index (χ0) is 19.4. The number of amides is 3. The number of carbonyl (C=O) groups is 2. The van der Waals surface area contributed by atoms with Gasteiger partial charge in [-0.05, 0) is 35.2 Å². The van der Waals surface area contributed by atoms with Crippen LogP contribution in [-0.2, 0) is 11.2 Å². The number of carbonyl (C=O) groups excluding carboxylic acids is 2. The summed E-state index contributed by atoms with van der Waals surface area (Å²) in [6.07, 6.45) is 1.05. The number of nitrogens with two attached hydrogens (primary N) is 1. The third-order valence-electron chi connectivity index (χ3n) is 4.78. The fraction of sp³-hybridized carbons (Fsp3) is 0.300. The predicted molar refractivity (Wildman–Crippen MR) is 103 cm³/mol. The number of rotatable bonds is 4. The van der Waals surface area contributed by atoms with Crippen molar-refractivity contribution < 1.29 is 14.0 Å². The van der Waals surface area contributed by atoms with Crippen molar-refractivity contribution in [2.45, 2.75) is 12.8 Å². The van der Waals surface area contributed by atoms with Crippen LogP contribution in [0, 0.1) is 5.82 Å². The summed E-state index contributed by atoms with van der Waals surface area (Å²) >= 11 is 5.83. The van der Waals surface area contributed by atoms with Crippen LogP contribution in [0.15, 0.2) is 42.5 Å². The van der Waals surface area contributed by atoms with Crippen LogP contribution in [0.3, 0.4) is 0 Å². The molecule has 3 rings (SSSR count). The van der Waals surface area contributed by atoms with Gasteiger partial charge in [0.2, 0.25) is 5.91 Å². The predicted octanol–water partition coefficient (Wildman–Crippen LogP) is 3.30. The van der Waals surface area contributed by atoms with Gasteiger partial charge >= 0.3 is 6.03 Å². The highest BCUT2D eigenvalue weighted by molar-refractivity contribution is 6.31. The molecule has 1 aliphatic rings. The molecule has 2 aromatic rings. The van der Waals surface area contributed by atoms with Crippen molar-refractivity contribution in [2.75, 3.05) is 26.2 Å². The van der Waals surface area contributed by atoms with E-state index in [2.05, 4.69) is 0 Å². The molecule has 1 fully saturated rings. The van der Waals surface area contributed by atoms with Gasteiger partial charge in [0.1, 0.15) is 5.82 Å². The minimum atomic E-state index is -0.440. The Labute approximate surface area is 162 Å². The van der Waals surface area contributed by atoms with Gasteiger partial charge in [-0.15, -0.1) is 0 Å². The van der Waals surface area contributed by atoms with Crippen molar-refractivity contribution in [1.82, 2.24) is 9.80 Å². The molecule has 1 heterocycles. The van der Waals surface area contributed by atoms with Crippen molar-refractivity contribution in [3.63, 3.8) is 0 Å². The number of hydrogen-bond donors (Lipinski definition) is 1. The molecule has 0 spiro atoms. The third-order valence-corrected chi connectivity index (χ3v) is 5.07. The summed E-state index contributed by atoms with van der Waals surface area (Å²) in [5.41, 5.74) is 8.09. The average molecular weight is 390 g/mol. The van der Waals surface area contributed by atoms with Crippen LogP contribution >= 0.6 is 11.6 Å².